The average Bonchev–Trinajstić information content (AvgIpc) is 2.39. The molecule has 0 bridgehead atoms. The van der Waals surface area contributed by atoms with Crippen molar-refractivity contribution in [3.8, 4) is 5.75 Å². The van der Waals surface area contributed by atoms with E-state index in [1.165, 1.54) is 0 Å². The standard InChI is InChI=1S/C16H26N2O3S/c1-5-22-9-8-18(12-15(19)20)11-13-6-7-14(10-17-13)21-16(2,3)4/h6-7,10H,5,8-9,11-12H2,1-4H3,(H,19,20)/p-1. The number of thioether (sulfide) groups is 1. The van der Waals surface area contributed by atoms with Crippen molar-refractivity contribution in [3.05, 3.63) is 24.0 Å². The fourth-order valence-electron chi connectivity index (χ4n) is 1.88. The number of hydrogen-bond donors (Lipinski definition) is 0. The number of hydrogen-bond acceptors (Lipinski definition) is 6. The van der Waals surface area contributed by atoms with Crippen molar-refractivity contribution >= 4 is 17.7 Å². The van der Waals surface area contributed by atoms with E-state index in [4.69, 9.17) is 4.74 Å². The molecule has 0 unspecified atom stereocenters. The Labute approximate surface area is 137 Å². The lowest BCUT2D eigenvalue weighted by molar-refractivity contribution is -0.306. The van der Waals surface area contributed by atoms with Crippen molar-refractivity contribution in [2.45, 2.75) is 39.8 Å². The maximum Gasteiger partial charge on any atom is 0.138 e. The van der Waals surface area contributed by atoms with Gasteiger partial charge in [0.05, 0.1) is 17.9 Å². The van der Waals surface area contributed by atoms with E-state index in [1.54, 1.807) is 18.0 Å². The molecule has 1 aromatic heterocycles. The number of rotatable bonds is 9. The molecule has 0 saturated carbocycles. The summed E-state index contributed by atoms with van der Waals surface area (Å²) in [7, 11) is 0. The van der Waals surface area contributed by atoms with Crippen LogP contribution in [0.15, 0.2) is 18.3 Å². The SMILES string of the molecule is CCSCCN(CC(=O)[O-])Cc1ccc(OC(C)(C)C)cn1. The van der Waals surface area contributed by atoms with Crippen molar-refractivity contribution in [1.29, 1.82) is 0 Å². The summed E-state index contributed by atoms with van der Waals surface area (Å²) in [5.41, 5.74) is 0.561. The number of pyridine rings is 1. The summed E-state index contributed by atoms with van der Waals surface area (Å²) in [6, 6.07) is 3.74. The lowest BCUT2D eigenvalue weighted by Crippen LogP contribution is -2.39. The van der Waals surface area contributed by atoms with E-state index in [9.17, 15) is 9.90 Å². The number of aliphatic carboxylic acids is 1. The Bertz CT molecular complexity index is 457. The van der Waals surface area contributed by atoms with Gasteiger partial charge in [0.15, 0.2) is 0 Å². The Morgan fingerprint density at radius 2 is 2.14 bits per heavy atom. The predicted molar refractivity (Wildman–Crippen MR) is 87.9 cm³/mol. The Morgan fingerprint density at radius 1 is 1.41 bits per heavy atom. The van der Waals surface area contributed by atoms with Crippen molar-refractivity contribution in [3.63, 3.8) is 0 Å². The van der Waals surface area contributed by atoms with E-state index in [-0.39, 0.29) is 12.1 Å². The molecular weight excluding hydrogens is 300 g/mol. The highest BCUT2D eigenvalue weighted by atomic mass is 32.2. The van der Waals surface area contributed by atoms with Gasteiger partial charge in [-0.1, -0.05) is 6.92 Å². The van der Waals surface area contributed by atoms with Crippen molar-refractivity contribution in [2.24, 2.45) is 0 Å². The zero-order valence-corrected chi connectivity index (χ0v) is 14.6. The summed E-state index contributed by atoms with van der Waals surface area (Å²) in [6.45, 7) is 9.15. The quantitative estimate of drug-likeness (QED) is 0.642. The molecule has 0 fully saturated rings. The van der Waals surface area contributed by atoms with Crippen LogP contribution in [0, 0.1) is 0 Å². The minimum absolute atomic E-state index is 0.0772. The molecule has 0 N–H and O–H groups in total. The van der Waals surface area contributed by atoms with Gasteiger partial charge in [0.2, 0.25) is 0 Å². The first kappa shape index (κ1) is 18.8. The smallest absolute Gasteiger partial charge is 0.138 e. The number of ether oxygens (including phenoxy) is 1. The molecule has 1 rings (SSSR count). The van der Waals surface area contributed by atoms with Crippen molar-refractivity contribution < 1.29 is 14.6 Å². The molecule has 0 aliphatic carbocycles. The lowest BCUT2D eigenvalue weighted by Gasteiger charge is -2.23. The second-order valence-electron chi connectivity index (χ2n) is 5.98. The van der Waals surface area contributed by atoms with E-state index < -0.39 is 5.97 Å². The van der Waals surface area contributed by atoms with Crippen LogP contribution in [0.4, 0.5) is 0 Å². The molecular formula is C16H25N2O3S-. The first-order valence-corrected chi connectivity index (χ1v) is 8.59. The molecule has 0 radical (unpaired) electrons. The van der Waals surface area contributed by atoms with Crippen molar-refractivity contribution in [1.82, 2.24) is 9.88 Å². The molecule has 1 aromatic rings. The number of nitrogens with zero attached hydrogens (tertiary/aromatic N) is 2. The van der Waals surface area contributed by atoms with Crippen LogP contribution in [0.1, 0.15) is 33.4 Å². The summed E-state index contributed by atoms with van der Waals surface area (Å²) in [5.74, 6) is 1.57. The van der Waals surface area contributed by atoms with Gasteiger partial charge in [-0.15, -0.1) is 0 Å². The molecule has 0 amide bonds. The van der Waals surface area contributed by atoms with E-state index in [0.29, 0.717) is 18.8 Å². The maximum absolute atomic E-state index is 10.8. The Morgan fingerprint density at radius 3 is 2.64 bits per heavy atom. The molecule has 0 aliphatic rings. The van der Waals surface area contributed by atoms with Gasteiger partial charge in [0.25, 0.3) is 0 Å². The summed E-state index contributed by atoms with van der Waals surface area (Å²) in [6.07, 6.45) is 1.68. The molecule has 0 spiro atoms. The van der Waals surface area contributed by atoms with Gasteiger partial charge >= 0.3 is 0 Å². The van der Waals surface area contributed by atoms with Crippen LogP contribution in [0.3, 0.4) is 0 Å². The van der Waals surface area contributed by atoms with Gasteiger partial charge in [-0.05, 0) is 38.7 Å². The zero-order valence-electron chi connectivity index (χ0n) is 13.8. The van der Waals surface area contributed by atoms with E-state index in [2.05, 4.69) is 11.9 Å². The number of aromatic nitrogens is 1. The lowest BCUT2D eigenvalue weighted by atomic mass is 10.2. The number of carbonyl (C=O) groups is 1. The molecule has 0 atom stereocenters. The second kappa shape index (κ2) is 9.00. The fraction of sp³-hybridized carbons (Fsp3) is 0.625. The molecule has 22 heavy (non-hydrogen) atoms. The topological polar surface area (TPSA) is 65.5 Å². The second-order valence-corrected chi connectivity index (χ2v) is 7.37. The number of carboxylic acid groups (broad SMARTS) is 1. The maximum atomic E-state index is 10.8. The third-order valence-corrected chi connectivity index (χ3v) is 3.60. The van der Waals surface area contributed by atoms with Crippen LogP contribution in [-0.2, 0) is 11.3 Å². The molecule has 124 valence electrons. The minimum atomic E-state index is -1.06. The normalized spacial score (nSPS) is 11.7. The van der Waals surface area contributed by atoms with Crippen LogP contribution < -0.4 is 9.84 Å². The molecule has 5 nitrogen and oxygen atoms in total. The number of carboxylic acids is 1. The summed E-state index contributed by atoms with van der Waals surface area (Å²) < 4.78 is 5.72. The predicted octanol–water partition coefficient (Wildman–Crippen LogP) is 1.56. The zero-order chi connectivity index (χ0) is 16.6. The van der Waals surface area contributed by atoms with Crippen molar-refractivity contribution in [2.75, 3.05) is 24.6 Å². The molecule has 1 heterocycles. The van der Waals surface area contributed by atoms with Gasteiger partial charge in [-0.2, -0.15) is 11.8 Å². The highest BCUT2D eigenvalue weighted by Crippen LogP contribution is 2.17. The third-order valence-electron chi connectivity index (χ3n) is 2.72. The van der Waals surface area contributed by atoms with Crippen LogP contribution in [0.2, 0.25) is 0 Å². The minimum Gasteiger partial charge on any atom is -0.549 e. The van der Waals surface area contributed by atoms with Crippen LogP contribution in [-0.4, -0.2) is 46.0 Å². The highest BCUT2D eigenvalue weighted by molar-refractivity contribution is 7.99. The van der Waals surface area contributed by atoms with Gasteiger partial charge in [-0.25, -0.2) is 0 Å². The van der Waals surface area contributed by atoms with Gasteiger partial charge in [0.1, 0.15) is 11.4 Å². The third kappa shape index (κ3) is 8.24. The van der Waals surface area contributed by atoms with E-state index >= 15 is 0 Å². The van der Waals surface area contributed by atoms with Gasteiger partial charge < -0.3 is 14.6 Å². The van der Waals surface area contributed by atoms with E-state index in [0.717, 1.165) is 17.2 Å². The number of carbonyl (C=O) groups excluding carboxylic acids is 1. The summed E-state index contributed by atoms with van der Waals surface area (Å²) in [4.78, 5) is 17.0. The molecule has 0 aromatic carbocycles. The van der Waals surface area contributed by atoms with Crippen LogP contribution >= 0.6 is 11.8 Å². The molecule has 0 aliphatic heterocycles. The first-order valence-electron chi connectivity index (χ1n) is 7.44. The van der Waals surface area contributed by atoms with Crippen LogP contribution in [0.5, 0.6) is 5.75 Å². The van der Waals surface area contributed by atoms with Gasteiger partial charge in [0, 0.05) is 25.4 Å². The largest absolute Gasteiger partial charge is 0.549 e. The molecule has 0 saturated heterocycles. The summed E-state index contributed by atoms with van der Waals surface area (Å²) >= 11 is 1.79. The fourth-order valence-corrected chi connectivity index (χ4v) is 2.56. The van der Waals surface area contributed by atoms with E-state index in [1.807, 2.05) is 37.8 Å². The Hall–Kier alpha value is -1.27. The monoisotopic (exact) mass is 325 g/mol. The Balaban J connectivity index is 2.61. The summed E-state index contributed by atoms with van der Waals surface area (Å²) in [5, 5.41) is 10.8. The highest BCUT2D eigenvalue weighted by Gasteiger charge is 2.12. The van der Waals surface area contributed by atoms with Gasteiger partial charge in [-0.3, -0.25) is 9.88 Å². The Kier molecular flexibility index (Phi) is 7.68. The molecule has 6 heteroatoms. The van der Waals surface area contributed by atoms with Crippen LogP contribution in [0.25, 0.3) is 0 Å². The average molecular weight is 325 g/mol. The first-order chi connectivity index (χ1) is 10.3.